The number of aliphatic hydroxyl groups is 1. The summed E-state index contributed by atoms with van der Waals surface area (Å²) in [6, 6.07) is 11.2. The summed E-state index contributed by atoms with van der Waals surface area (Å²) < 4.78 is 5.85. The lowest BCUT2D eigenvalue weighted by atomic mass is 10.1. The van der Waals surface area contributed by atoms with Crippen LogP contribution in [0.2, 0.25) is 0 Å². The van der Waals surface area contributed by atoms with Gasteiger partial charge in [-0.05, 0) is 31.0 Å². The van der Waals surface area contributed by atoms with Gasteiger partial charge in [-0.1, -0.05) is 24.3 Å². The van der Waals surface area contributed by atoms with Crippen molar-refractivity contribution in [2.24, 2.45) is 5.73 Å². The topological polar surface area (TPSA) is 68.4 Å². The lowest BCUT2D eigenvalue weighted by Gasteiger charge is -2.14. The van der Waals surface area contributed by atoms with E-state index in [1.807, 2.05) is 43.3 Å². The van der Waals surface area contributed by atoms with Gasteiger partial charge in [0.25, 0.3) is 0 Å². The maximum absolute atomic E-state index is 9.06. The Kier molecular flexibility index (Phi) is 4.49. The van der Waals surface area contributed by atoms with E-state index in [9.17, 15) is 0 Å². The third kappa shape index (κ3) is 3.30. The highest BCUT2D eigenvalue weighted by atomic mass is 16.5. The Morgan fingerprint density at radius 1 is 1.26 bits per heavy atom. The van der Waals surface area contributed by atoms with Crippen LogP contribution in [0, 0.1) is 0 Å². The average Bonchev–Trinajstić information content (AvgIpc) is 2.42. The molecule has 0 amide bonds. The van der Waals surface area contributed by atoms with Crippen molar-refractivity contribution in [1.29, 1.82) is 0 Å². The van der Waals surface area contributed by atoms with Crippen LogP contribution in [0.25, 0.3) is 0 Å². The SMILES string of the molecule is CC(N)c1cccnc1Oc1ccccc1CCO. The number of aliphatic hydroxyl groups excluding tert-OH is 1. The predicted octanol–water partition coefficient (Wildman–Crippen LogP) is 2.43. The fourth-order valence-corrected chi connectivity index (χ4v) is 1.87. The Morgan fingerprint density at radius 3 is 2.79 bits per heavy atom. The van der Waals surface area contributed by atoms with E-state index in [0.29, 0.717) is 18.1 Å². The molecule has 0 spiro atoms. The molecule has 2 aromatic rings. The van der Waals surface area contributed by atoms with Crippen molar-refractivity contribution < 1.29 is 9.84 Å². The predicted molar refractivity (Wildman–Crippen MR) is 74.1 cm³/mol. The molecule has 1 atom stereocenters. The molecule has 1 heterocycles. The van der Waals surface area contributed by atoms with E-state index < -0.39 is 0 Å². The molecule has 0 aliphatic carbocycles. The number of rotatable bonds is 5. The number of aromatic nitrogens is 1. The summed E-state index contributed by atoms with van der Waals surface area (Å²) >= 11 is 0. The van der Waals surface area contributed by atoms with E-state index in [1.165, 1.54) is 0 Å². The maximum atomic E-state index is 9.06. The van der Waals surface area contributed by atoms with Crippen molar-refractivity contribution in [2.45, 2.75) is 19.4 Å². The maximum Gasteiger partial charge on any atom is 0.223 e. The van der Waals surface area contributed by atoms with Crippen LogP contribution in [-0.2, 0) is 6.42 Å². The van der Waals surface area contributed by atoms with E-state index in [1.54, 1.807) is 6.20 Å². The van der Waals surface area contributed by atoms with Gasteiger partial charge in [0.15, 0.2) is 0 Å². The molecule has 0 aliphatic heterocycles. The lowest BCUT2D eigenvalue weighted by Crippen LogP contribution is -2.08. The molecule has 1 aromatic carbocycles. The van der Waals surface area contributed by atoms with Crippen LogP contribution >= 0.6 is 0 Å². The molecule has 0 aliphatic rings. The Labute approximate surface area is 112 Å². The third-order valence-electron chi connectivity index (χ3n) is 2.85. The normalized spacial score (nSPS) is 12.2. The standard InChI is InChI=1S/C15H18N2O2/c1-11(16)13-6-4-9-17-15(13)19-14-7-3-2-5-12(14)8-10-18/h2-7,9,11,18H,8,10,16H2,1H3. The zero-order valence-corrected chi connectivity index (χ0v) is 10.9. The quantitative estimate of drug-likeness (QED) is 0.864. The molecule has 4 nitrogen and oxygen atoms in total. The smallest absolute Gasteiger partial charge is 0.223 e. The number of pyridine rings is 1. The van der Waals surface area contributed by atoms with Gasteiger partial charge in [0.05, 0.1) is 0 Å². The average molecular weight is 258 g/mol. The van der Waals surface area contributed by atoms with Gasteiger partial charge in [-0.25, -0.2) is 4.98 Å². The highest BCUT2D eigenvalue weighted by Gasteiger charge is 2.11. The third-order valence-corrected chi connectivity index (χ3v) is 2.85. The molecule has 0 fully saturated rings. The molecule has 0 saturated carbocycles. The minimum Gasteiger partial charge on any atom is -0.438 e. The second-order valence-corrected chi connectivity index (χ2v) is 4.37. The molecule has 4 heteroatoms. The second kappa shape index (κ2) is 6.31. The summed E-state index contributed by atoms with van der Waals surface area (Å²) in [5, 5.41) is 9.06. The molecule has 100 valence electrons. The van der Waals surface area contributed by atoms with Crippen molar-refractivity contribution in [1.82, 2.24) is 4.98 Å². The number of nitrogens with two attached hydrogens (primary N) is 1. The van der Waals surface area contributed by atoms with Gasteiger partial charge >= 0.3 is 0 Å². The Balaban J connectivity index is 2.31. The van der Waals surface area contributed by atoms with Crippen LogP contribution in [0.5, 0.6) is 11.6 Å². The first kappa shape index (κ1) is 13.5. The van der Waals surface area contributed by atoms with Gasteiger partial charge < -0.3 is 15.6 Å². The fraction of sp³-hybridized carbons (Fsp3) is 0.267. The molecule has 3 N–H and O–H groups in total. The zero-order valence-electron chi connectivity index (χ0n) is 10.9. The van der Waals surface area contributed by atoms with Gasteiger partial charge in [-0.2, -0.15) is 0 Å². The number of ether oxygens (including phenoxy) is 1. The van der Waals surface area contributed by atoms with Gasteiger partial charge in [-0.3, -0.25) is 0 Å². The molecule has 0 radical (unpaired) electrons. The van der Waals surface area contributed by atoms with Crippen LogP contribution < -0.4 is 10.5 Å². The van der Waals surface area contributed by atoms with E-state index >= 15 is 0 Å². The number of hydrogen-bond donors (Lipinski definition) is 2. The largest absolute Gasteiger partial charge is 0.438 e. The Morgan fingerprint density at radius 2 is 2.05 bits per heavy atom. The highest BCUT2D eigenvalue weighted by molar-refractivity contribution is 5.39. The molecular formula is C15H18N2O2. The first-order valence-electron chi connectivity index (χ1n) is 6.29. The van der Waals surface area contributed by atoms with Gasteiger partial charge in [0, 0.05) is 24.4 Å². The van der Waals surface area contributed by atoms with Crippen LogP contribution in [-0.4, -0.2) is 16.7 Å². The fourth-order valence-electron chi connectivity index (χ4n) is 1.87. The monoisotopic (exact) mass is 258 g/mol. The number of hydrogen-bond acceptors (Lipinski definition) is 4. The minimum atomic E-state index is -0.145. The second-order valence-electron chi connectivity index (χ2n) is 4.37. The van der Waals surface area contributed by atoms with E-state index in [-0.39, 0.29) is 12.6 Å². The molecular weight excluding hydrogens is 240 g/mol. The summed E-state index contributed by atoms with van der Waals surface area (Å²) in [4.78, 5) is 4.23. The lowest BCUT2D eigenvalue weighted by molar-refractivity contribution is 0.297. The van der Waals surface area contributed by atoms with E-state index in [0.717, 1.165) is 11.1 Å². The molecule has 1 unspecified atom stereocenters. The van der Waals surface area contributed by atoms with Crippen LogP contribution in [0.3, 0.4) is 0 Å². The molecule has 1 aromatic heterocycles. The van der Waals surface area contributed by atoms with Crippen molar-refractivity contribution in [3.63, 3.8) is 0 Å². The molecule has 0 bridgehead atoms. The minimum absolute atomic E-state index is 0.0861. The zero-order chi connectivity index (χ0) is 13.7. The van der Waals surface area contributed by atoms with Crippen molar-refractivity contribution in [2.75, 3.05) is 6.61 Å². The van der Waals surface area contributed by atoms with Gasteiger partial charge in [-0.15, -0.1) is 0 Å². The van der Waals surface area contributed by atoms with Crippen molar-refractivity contribution in [3.8, 4) is 11.6 Å². The van der Waals surface area contributed by atoms with Crippen LogP contribution in [0.15, 0.2) is 42.6 Å². The molecule has 2 rings (SSSR count). The number of para-hydroxylation sites is 1. The summed E-state index contributed by atoms with van der Waals surface area (Å²) in [5.41, 5.74) is 7.72. The summed E-state index contributed by atoms with van der Waals surface area (Å²) in [6.07, 6.45) is 2.23. The van der Waals surface area contributed by atoms with Crippen LogP contribution in [0.4, 0.5) is 0 Å². The van der Waals surface area contributed by atoms with Gasteiger partial charge in [0.2, 0.25) is 5.88 Å². The summed E-state index contributed by atoms with van der Waals surface area (Å²) in [7, 11) is 0. The summed E-state index contributed by atoms with van der Waals surface area (Å²) in [5.74, 6) is 1.22. The van der Waals surface area contributed by atoms with E-state index in [4.69, 9.17) is 15.6 Å². The molecule has 0 saturated heterocycles. The van der Waals surface area contributed by atoms with Gasteiger partial charge in [0.1, 0.15) is 5.75 Å². The van der Waals surface area contributed by atoms with Crippen molar-refractivity contribution in [3.05, 3.63) is 53.7 Å². The van der Waals surface area contributed by atoms with Crippen LogP contribution in [0.1, 0.15) is 24.1 Å². The Bertz CT molecular complexity index is 541. The molecule has 19 heavy (non-hydrogen) atoms. The summed E-state index contributed by atoms with van der Waals surface area (Å²) in [6.45, 7) is 1.98. The van der Waals surface area contributed by atoms with E-state index in [2.05, 4.69) is 4.98 Å². The Hall–Kier alpha value is -1.91. The highest BCUT2D eigenvalue weighted by Crippen LogP contribution is 2.28. The number of nitrogens with zero attached hydrogens (tertiary/aromatic N) is 1. The first-order valence-corrected chi connectivity index (χ1v) is 6.29. The number of benzene rings is 1. The van der Waals surface area contributed by atoms with Crippen molar-refractivity contribution >= 4 is 0 Å². The first-order chi connectivity index (χ1) is 9.22.